The molecule has 16 heavy (non-hydrogen) atoms. The summed E-state index contributed by atoms with van der Waals surface area (Å²) in [6.07, 6.45) is 1.70. The molecule has 0 N–H and O–H groups in total. The van der Waals surface area contributed by atoms with Crippen LogP contribution in [-0.4, -0.2) is 14.7 Å². The molecule has 6 heteroatoms. The summed E-state index contributed by atoms with van der Waals surface area (Å²) in [5.74, 6) is 0.895. The first-order valence-electron chi connectivity index (χ1n) is 4.84. The lowest BCUT2D eigenvalue weighted by molar-refractivity contribution is 0.391. The van der Waals surface area contributed by atoms with E-state index in [4.69, 9.17) is 16.1 Å². The number of nitrogens with zero attached hydrogens (tertiary/aromatic N) is 3. The van der Waals surface area contributed by atoms with E-state index in [1.54, 1.807) is 16.8 Å². The van der Waals surface area contributed by atoms with E-state index in [0.717, 1.165) is 0 Å². The topological polar surface area (TPSA) is 60.9 Å². The maximum Gasteiger partial charge on any atom is 0.251 e. The van der Waals surface area contributed by atoms with Gasteiger partial charge >= 0.3 is 0 Å². The largest absolute Gasteiger partial charge is 0.338 e. The van der Waals surface area contributed by atoms with E-state index in [-0.39, 0.29) is 11.4 Å². The molecule has 2 heterocycles. The molecule has 2 aromatic heterocycles. The zero-order chi connectivity index (χ0) is 11.5. The van der Waals surface area contributed by atoms with Crippen LogP contribution in [0.1, 0.15) is 12.8 Å². The van der Waals surface area contributed by atoms with Crippen molar-refractivity contribution in [3.05, 3.63) is 34.6 Å². The van der Waals surface area contributed by atoms with Crippen molar-refractivity contribution in [3.63, 3.8) is 0 Å². The van der Waals surface area contributed by atoms with Crippen LogP contribution in [0, 0.1) is 0 Å². The van der Waals surface area contributed by atoms with E-state index >= 15 is 0 Å². The molecule has 0 saturated carbocycles. The summed E-state index contributed by atoms with van der Waals surface area (Å²) in [5, 5.41) is 3.74. The molecule has 0 aliphatic carbocycles. The summed E-state index contributed by atoms with van der Waals surface area (Å²) in [5.41, 5.74) is 0.548. The number of pyridine rings is 1. The van der Waals surface area contributed by atoms with E-state index in [1.165, 1.54) is 6.07 Å². The Bertz CT molecular complexity index is 547. The number of hydrogen-bond donors (Lipinski definition) is 0. The molecule has 2 rings (SSSR count). The molecule has 5 nitrogen and oxygen atoms in total. The number of rotatable bonds is 3. The summed E-state index contributed by atoms with van der Waals surface area (Å²) in [6.45, 7) is 2.54. The number of halogens is 1. The molecule has 0 aliphatic rings. The lowest BCUT2D eigenvalue weighted by atomic mass is 10.2. The van der Waals surface area contributed by atoms with Gasteiger partial charge in [-0.2, -0.15) is 4.98 Å². The van der Waals surface area contributed by atoms with Gasteiger partial charge < -0.3 is 9.09 Å². The minimum atomic E-state index is -0.0859. The third-order valence-electron chi connectivity index (χ3n) is 2.18. The van der Waals surface area contributed by atoms with Gasteiger partial charge in [0.15, 0.2) is 0 Å². The highest BCUT2D eigenvalue weighted by atomic mass is 35.5. The fourth-order valence-electron chi connectivity index (χ4n) is 1.33. The maximum absolute atomic E-state index is 11.6. The lowest BCUT2D eigenvalue weighted by Crippen LogP contribution is -2.17. The van der Waals surface area contributed by atoms with Gasteiger partial charge in [0.05, 0.1) is 0 Å². The van der Waals surface area contributed by atoms with Gasteiger partial charge in [0.1, 0.15) is 5.88 Å². The molecule has 0 spiro atoms. The smallest absolute Gasteiger partial charge is 0.251 e. The Morgan fingerprint density at radius 1 is 1.56 bits per heavy atom. The Hall–Kier alpha value is -1.62. The molecule has 84 valence electrons. The van der Waals surface area contributed by atoms with E-state index in [9.17, 15) is 4.79 Å². The van der Waals surface area contributed by atoms with Gasteiger partial charge in [0, 0.05) is 24.4 Å². The molecule has 0 atom stereocenters. The second kappa shape index (κ2) is 4.49. The first kappa shape index (κ1) is 10.9. The van der Waals surface area contributed by atoms with Crippen LogP contribution in [0.4, 0.5) is 0 Å². The number of aromatic nitrogens is 3. The molecular weight excluding hydrogens is 230 g/mol. The van der Waals surface area contributed by atoms with E-state index < -0.39 is 0 Å². The predicted molar refractivity (Wildman–Crippen MR) is 59.2 cm³/mol. The Morgan fingerprint density at radius 2 is 2.38 bits per heavy atom. The third kappa shape index (κ3) is 1.99. The van der Waals surface area contributed by atoms with Gasteiger partial charge in [-0.15, -0.1) is 11.6 Å². The molecule has 0 unspecified atom stereocenters. The zero-order valence-electron chi connectivity index (χ0n) is 8.68. The van der Waals surface area contributed by atoms with Crippen LogP contribution in [0.2, 0.25) is 0 Å². The number of aryl methyl sites for hydroxylation is 1. The van der Waals surface area contributed by atoms with E-state index in [1.807, 2.05) is 6.92 Å². The Morgan fingerprint density at radius 3 is 2.94 bits per heavy atom. The molecular formula is C10H10ClN3O2. The van der Waals surface area contributed by atoms with Crippen molar-refractivity contribution in [2.24, 2.45) is 0 Å². The van der Waals surface area contributed by atoms with Crippen LogP contribution in [0.5, 0.6) is 0 Å². The van der Waals surface area contributed by atoms with E-state index in [0.29, 0.717) is 23.8 Å². The van der Waals surface area contributed by atoms with Crippen LogP contribution < -0.4 is 5.56 Å². The van der Waals surface area contributed by atoms with Gasteiger partial charge in [-0.05, 0) is 13.0 Å². The predicted octanol–water partition coefficient (Wildman–Crippen LogP) is 1.66. The molecule has 0 aromatic carbocycles. The lowest BCUT2D eigenvalue weighted by Gasteiger charge is -2.00. The Kier molecular flexibility index (Phi) is 3.05. The second-order valence-electron chi connectivity index (χ2n) is 3.19. The average molecular weight is 240 g/mol. The summed E-state index contributed by atoms with van der Waals surface area (Å²) in [4.78, 5) is 15.6. The molecule has 0 bridgehead atoms. The second-order valence-corrected chi connectivity index (χ2v) is 3.45. The molecule has 0 radical (unpaired) electrons. The van der Waals surface area contributed by atoms with Crippen LogP contribution in [0.25, 0.3) is 11.4 Å². The Labute approximate surface area is 96.7 Å². The zero-order valence-corrected chi connectivity index (χ0v) is 9.44. The van der Waals surface area contributed by atoms with Crippen molar-refractivity contribution in [1.29, 1.82) is 0 Å². The standard InChI is InChI=1S/C10H10ClN3O2/c1-2-14-4-3-7(5-9(14)15)10-12-8(6-11)16-13-10/h3-5H,2,6H2,1H3. The molecule has 2 aromatic rings. The van der Waals surface area contributed by atoms with Crippen molar-refractivity contribution in [1.82, 2.24) is 14.7 Å². The molecule has 0 aliphatic heterocycles. The van der Waals surface area contributed by atoms with Crippen LogP contribution in [0.15, 0.2) is 27.6 Å². The van der Waals surface area contributed by atoms with Crippen molar-refractivity contribution in [2.45, 2.75) is 19.3 Å². The van der Waals surface area contributed by atoms with Crippen LogP contribution >= 0.6 is 11.6 Å². The van der Waals surface area contributed by atoms with Crippen molar-refractivity contribution >= 4 is 11.6 Å². The van der Waals surface area contributed by atoms with Crippen LogP contribution in [0.3, 0.4) is 0 Å². The highest BCUT2D eigenvalue weighted by Crippen LogP contribution is 2.13. The fourth-order valence-corrected chi connectivity index (χ4v) is 1.44. The first-order valence-corrected chi connectivity index (χ1v) is 5.37. The molecule has 0 amide bonds. The van der Waals surface area contributed by atoms with Gasteiger partial charge in [-0.1, -0.05) is 5.16 Å². The minimum absolute atomic E-state index is 0.0859. The number of hydrogen-bond acceptors (Lipinski definition) is 4. The SMILES string of the molecule is CCn1ccc(-c2noc(CCl)n2)cc1=O. The normalized spacial score (nSPS) is 10.6. The molecule has 0 saturated heterocycles. The first-order chi connectivity index (χ1) is 7.74. The number of alkyl halides is 1. The van der Waals surface area contributed by atoms with Crippen LogP contribution in [-0.2, 0) is 12.4 Å². The average Bonchev–Trinajstić information content (AvgIpc) is 2.77. The molecule has 0 fully saturated rings. The monoisotopic (exact) mass is 239 g/mol. The third-order valence-corrected chi connectivity index (χ3v) is 2.41. The van der Waals surface area contributed by atoms with Crippen molar-refractivity contribution in [3.8, 4) is 11.4 Å². The van der Waals surface area contributed by atoms with E-state index in [2.05, 4.69) is 10.1 Å². The fraction of sp³-hybridized carbons (Fsp3) is 0.300. The van der Waals surface area contributed by atoms with Gasteiger partial charge in [-0.25, -0.2) is 0 Å². The highest BCUT2D eigenvalue weighted by molar-refractivity contribution is 6.16. The minimum Gasteiger partial charge on any atom is -0.338 e. The summed E-state index contributed by atoms with van der Waals surface area (Å²) >= 11 is 5.54. The summed E-state index contributed by atoms with van der Waals surface area (Å²) in [6, 6.07) is 3.25. The van der Waals surface area contributed by atoms with Crippen molar-refractivity contribution < 1.29 is 4.52 Å². The maximum atomic E-state index is 11.6. The Balaban J connectivity index is 2.41. The quantitative estimate of drug-likeness (QED) is 0.765. The van der Waals surface area contributed by atoms with Gasteiger partial charge in [0.2, 0.25) is 11.7 Å². The summed E-state index contributed by atoms with van der Waals surface area (Å²) in [7, 11) is 0. The van der Waals surface area contributed by atoms with Gasteiger partial charge in [0.25, 0.3) is 5.56 Å². The van der Waals surface area contributed by atoms with Gasteiger partial charge in [-0.3, -0.25) is 4.79 Å². The summed E-state index contributed by atoms with van der Waals surface area (Å²) < 4.78 is 6.45. The van der Waals surface area contributed by atoms with Crippen molar-refractivity contribution in [2.75, 3.05) is 0 Å². The highest BCUT2D eigenvalue weighted by Gasteiger charge is 2.08.